The van der Waals surface area contributed by atoms with E-state index in [2.05, 4.69) is 0 Å². The normalized spacial score (nSPS) is 26.7. The minimum atomic E-state index is -2.70. The maximum Gasteiger partial charge on any atom is 0.272 e. The van der Waals surface area contributed by atoms with Gasteiger partial charge in [0.2, 0.25) is 0 Å². The monoisotopic (exact) mass is 164 g/mol. The molecule has 0 amide bonds. The molecule has 0 spiro atoms. The standard InChI is InChI=1S/C7H14F2N2/c1-6-2-3-11(6)5-7(8,9)4-10/h6H,2-5,10H2,1H3. The molecule has 1 aliphatic rings. The Morgan fingerprint density at radius 2 is 2.27 bits per heavy atom. The summed E-state index contributed by atoms with van der Waals surface area (Å²) < 4.78 is 25.3. The Balaban J connectivity index is 2.29. The number of nitrogens with zero attached hydrogens (tertiary/aromatic N) is 1. The van der Waals surface area contributed by atoms with Crippen LogP contribution in [0.4, 0.5) is 8.78 Å². The number of halogens is 2. The van der Waals surface area contributed by atoms with E-state index in [1.165, 1.54) is 0 Å². The van der Waals surface area contributed by atoms with Crippen LogP contribution in [0.15, 0.2) is 0 Å². The minimum absolute atomic E-state index is 0.176. The average Bonchev–Trinajstić information content (AvgIpc) is 1.98. The van der Waals surface area contributed by atoms with E-state index in [1.54, 1.807) is 4.90 Å². The molecule has 0 radical (unpaired) electrons. The summed E-state index contributed by atoms with van der Waals surface area (Å²) in [4.78, 5) is 1.76. The third-order valence-corrected chi connectivity index (χ3v) is 2.19. The lowest BCUT2D eigenvalue weighted by Gasteiger charge is -2.40. The Morgan fingerprint density at radius 1 is 1.64 bits per heavy atom. The third kappa shape index (κ3) is 2.10. The van der Waals surface area contributed by atoms with Crippen molar-refractivity contribution in [2.24, 2.45) is 5.73 Å². The van der Waals surface area contributed by atoms with Gasteiger partial charge >= 0.3 is 0 Å². The van der Waals surface area contributed by atoms with Gasteiger partial charge in [0.25, 0.3) is 5.92 Å². The molecule has 0 aromatic rings. The Labute approximate surface area is 65.4 Å². The third-order valence-electron chi connectivity index (χ3n) is 2.19. The highest BCUT2D eigenvalue weighted by atomic mass is 19.3. The van der Waals surface area contributed by atoms with Crippen LogP contribution in [0.1, 0.15) is 13.3 Å². The van der Waals surface area contributed by atoms with Crippen LogP contribution in [-0.2, 0) is 0 Å². The summed E-state index contributed by atoms with van der Waals surface area (Å²) in [5, 5.41) is 0. The van der Waals surface area contributed by atoms with Gasteiger partial charge in [-0.3, -0.25) is 4.90 Å². The summed E-state index contributed by atoms with van der Waals surface area (Å²) in [6, 6.07) is 0.312. The fourth-order valence-electron chi connectivity index (χ4n) is 1.17. The highest BCUT2D eigenvalue weighted by molar-refractivity contribution is 4.83. The van der Waals surface area contributed by atoms with Gasteiger partial charge in [-0.15, -0.1) is 0 Å². The molecule has 4 heteroatoms. The first kappa shape index (κ1) is 8.87. The van der Waals surface area contributed by atoms with Crippen LogP contribution >= 0.6 is 0 Å². The lowest BCUT2D eigenvalue weighted by atomic mass is 10.0. The minimum Gasteiger partial charge on any atom is -0.325 e. The lowest BCUT2D eigenvalue weighted by molar-refractivity contribution is -0.0551. The van der Waals surface area contributed by atoms with Gasteiger partial charge in [-0.05, 0) is 13.3 Å². The molecule has 0 saturated carbocycles. The molecule has 1 fully saturated rings. The summed E-state index contributed by atoms with van der Waals surface area (Å²) in [5.74, 6) is -2.70. The molecule has 1 rings (SSSR count). The van der Waals surface area contributed by atoms with Gasteiger partial charge in [-0.25, -0.2) is 8.78 Å². The molecule has 1 unspecified atom stereocenters. The van der Waals surface area contributed by atoms with Gasteiger partial charge in [0.15, 0.2) is 0 Å². The zero-order valence-electron chi connectivity index (χ0n) is 6.69. The van der Waals surface area contributed by atoms with Crippen molar-refractivity contribution in [2.45, 2.75) is 25.3 Å². The first-order chi connectivity index (χ1) is 5.05. The second kappa shape index (κ2) is 3.03. The van der Waals surface area contributed by atoms with Crippen LogP contribution in [-0.4, -0.2) is 36.5 Å². The van der Waals surface area contributed by atoms with E-state index in [0.29, 0.717) is 6.04 Å². The lowest BCUT2D eigenvalue weighted by Crippen LogP contribution is -2.52. The van der Waals surface area contributed by atoms with Crippen LogP contribution in [0, 0.1) is 0 Å². The van der Waals surface area contributed by atoms with Gasteiger partial charge < -0.3 is 5.73 Å². The van der Waals surface area contributed by atoms with Crippen molar-refractivity contribution in [1.82, 2.24) is 4.90 Å². The summed E-state index contributed by atoms with van der Waals surface area (Å²) in [6.07, 6.45) is 1.03. The Morgan fingerprint density at radius 3 is 2.55 bits per heavy atom. The highest BCUT2D eigenvalue weighted by Gasteiger charge is 2.35. The number of hydrogen-bond acceptors (Lipinski definition) is 2. The molecular weight excluding hydrogens is 150 g/mol. The van der Waals surface area contributed by atoms with E-state index < -0.39 is 12.5 Å². The molecular formula is C7H14F2N2. The highest BCUT2D eigenvalue weighted by Crippen LogP contribution is 2.22. The van der Waals surface area contributed by atoms with Crippen molar-refractivity contribution in [2.75, 3.05) is 19.6 Å². The second-order valence-electron chi connectivity index (χ2n) is 3.17. The zero-order chi connectivity index (χ0) is 8.48. The van der Waals surface area contributed by atoms with E-state index >= 15 is 0 Å². The molecule has 66 valence electrons. The number of alkyl halides is 2. The Kier molecular flexibility index (Phi) is 2.44. The maximum absolute atomic E-state index is 12.6. The topological polar surface area (TPSA) is 29.3 Å². The molecule has 0 aromatic heterocycles. The Bertz CT molecular complexity index is 138. The van der Waals surface area contributed by atoms with Crippen LogP contribution in [0.5, 0.6) is 0 Å². The second-order valence-corrected chi connectivity index (χ2v) is 3.17. The molecule has 1 atom stereocenters. The largest absolute Gasteiger partial charge is 0.325 e. The number of nitrogens with two attached hydrogens (primary N) is 1. The maximum atomic E-state index is 12.6. The molecule has 2 nitrogen and oxygen atoms in total. The van der Waals surface area contributed by atoms with Crippen molar-refractivity contribution < 1.29 is 8.78 Å². The molecule has 11 heavy (non-hydrogen) atoms. The zero-order valence-corrected chi connectivity index (χ0v) is 6.69. The fourth-order valence-corrected chi connectivity index (χ4v) is 1.17. The van der Waals surface area contributed by atoms with E-state index in [9.17, 15) is 8.78 Å². The van der Waals surface area contributed by atoms with E-state index in [4.69, 9.17) is 5.73 Å². The molecule has 0 aliphatic carbocycles. The van der Waals surface area contributed by atoms with E-state index in [1.807, 2.05) is 6.92 Å². The first-order valence-corrected chi connectivity index (χ1v) is 3.87. The van der Waals surface area contributed by atoms with Gasteiger partial charge in [0.1, 0.15) is 0 Å². The molecule has 1 saturated heterocycles. The summed E-state index contributed by atoms with van der Waals surface area (Å²) >= 11 is 0. The average molecular weight is 164 g/mol. The Hall–Kier alpha value is -0.220. The van der Waals surface area contributed by atoms with Crippen molar-refractivity contribution in [3.63, 3.8) is 0 Å². The number of likely N-dealkylation sites (tertiary alicyclic amines) is 1. The predicted octanol–water partition coefficient (Wildman–Crippen LogP) is 0.675. The SMILES string of the molecule is CC1CCN1CC(F)(F)CN. The van der Waals surface area contributed by atoms with E-state index in [-0.39, 0.29) is 6.54 Å². The summed E-state index contributed by atoms with van der Waals surface area (Å²) in [7, 11) is 0. The van der Waals surface area contributed by atoms with Crippen LogP contribution in [0.3, 0.4) is 0 Å². The van der Waals surface area contributed by atoms with Crippen molar-refractivity contribution >= 4 is 0 Å². The summed E-state index contributed by atoms with van der Waals surface area (Å²) in [6.45, 7) is 2.02. The first-order valence-electron chi connectivity index (χ1n) is 3.87. The van der Waals surface area contributed by atoms with Crippen LogP contribution < -0.4 is 5.73 Å². The molecule has 0 bridgehead atoms. The molecule has 0 aromatic carbocycles. The van der Waals surface area contributed by atoms with Gasteiger partial charge in [-0.2, -0.15) is 0 Å². The number of rotatable bonds is 3. The fraction of sp³-hybridized carbons (Fsp3) is 1.00. The van der Waals surface area contributed by atoms with Crippen LogP contribution in [0.2, 0.25) is 0 Å². The van der Waals surface area contributed by atoms with E-state index in [0.717, 1.165) is 13.0 Å². The number of hydrogen-bond donors (Lipinski definition) is 1. The van der Waals surface area contributed by atoms with Gasteiger partial charge in [0, 0.05) is 12.6 Å². The predicted molar refractivity (Wildman–Crippen MR) is 39.7 cm³/mol. The van der Waals surface area contributed by atoms with Crippen LogP contribution in [0.25, 0.3) is 0 Å². The molecule has 1 aliphatic heterocycles. The van der Waals surface area contributed by atoms with Gasteiger partial charge in [-0.1, -0.05) is 0 Å². The van der Waals surface area contributed by atoms with Gasteiger partial charge in [0.05, 0.1) is 13.1 Å². The molecule has 1 heterocycles. The van der Waals surface area contributed by atoms with Crippen molar-refractivity contribution in [1.29, 1.82) is 0 Å². The molecule has 2 N–H and O–H groups in total. The quantitative estimate of drug-likeness (QED) is 0.664. The van der Waals surface area contributed by atoms with Crippen molar-refractivity contribution in [3.05, 3.63) is 0 Å². The van der Waals surface area contributed by atoms with Crippen molar-refractivity contribution in [3.8, 4) is 0 Å². The summed E-state index contributed by atoms with van der Waals surface area (Å²) in [5.41, 5.74) is 4.90. The smallest absolute Gasteiger partial charge is 0.272 e.